The van der Waals surface area contributed by atoms with Crippen molar-refractivity contribution in [1.82, 2.24) is 10.3 Å². The Labute approximate surface area is 143 Å². The van der Waals surface area contributed by atoms with Crippen molar-refractivity contribution < 1.29 is 0 Å². The van der Waals surface area contributed by atoms with Crippen LogP contribution in [0.1, 0.15) is 10.6 Å². The maximum atomic E-state index is 6.24. The number of nitrogens with zero attached hydrogens (tertiary/aromatic N) is 1. The zero-order valence-electron chi connectivity index (χ0n) is 11.7. The van der Waals surface area contributed by atoms with E-state index in [0.717, 1.165) is 28.5 Å². The number of nitrogens with one attached hydrogen (secondary N) is 1. The average Bonchev–Trinajstić information content (AvgIpc) is 2.97. The van der Waals surface area contributed by atoms with Crippen LogP contribution in [0.15, 0.2) is 54.7 Å². The predicted molar refractivity (Wildman–Crippen MR) is 94.6 cm³/mol. The van der Waals surface area contributed by atoms with Gasteiger partial charge in [0.1, 0.15) is 5.01 Å². The molecule has 0 saturated heterocycles. The van der Waals surface area contributed by atoms with Crippen molar-refractivity contribution in [3.8, 4) is 10.4 Å². The summed E-state index contributed by atoms with van der Waals surface area (Å²) in [5.74, 6) is 0. The minimum absolute atomic E-state index is 0.653. The Hall–Kier alpha value is -1.39. The van der Waals surface area contributed by atoms with Gasteiger partial charge in [-0.1, -0.05) is 59.6 Å². The fraction of sp³-hybridized carbons (Fsp3) is 0.118. The summed E-state index contributed by atoms with van der Waals surface area (Å²) < 4.78 is 0. The Bertz CT molecular complexity index is 736. The van der Waals surface area contributed by atoms with Crippen LogP contribution in [0.5, 0.6) is 0 Å². The lowest BCUT2D eigenvalue weighted by atomic mass is 10.2. The molecule has 0 bridgehead atoms. The molecule has 1 aromatic heterocycles. The van der Waals surface area contributed by atoms with Crippen LogP contribution in [-0.2, 0) is 13.1 Å². The molecule has 3 aromatic rings. The van der Waals surface area contributed by atoms with Gasteiger partial charge in [-0.05, 0) is 17.7 Å². The molecule has 0 radical (unpaired) electrons. The second kappa shape index (κ2) is 7.25. The number of benzene rings is 2. The molecular weight excluding hydrogens is 335 g/mol. The first kappa shape index (κ1) is 15.5. The van der Waals surface area contributed by atoms with E-state index in [1.54, 1.807) is 11.3 Å². The van der Waals surface area contributed by atoms with Gasteiger partial charge in [-0.15, -0.1) is 11.3 Å². The fourth-order valence-electron chi connectivity index (χ4n) is 2.15. The third kappa shape index (κ3) is 3.68. The lowest BCUT2D eigenvalue weighted by Crippen LogP contribution is -2.12. The quantitative estimate of drug-likeness (QED) is 0.666. The van der Waals surface area contributed by atoms with E-state index >= 15 is 0 Å². The van der Waals surface area contributed by atoms with Crippen molar-refractivity contribution >= 4 is 34.5 Å². The van der Waals surface area contributed by atoms with Gasteiger partial charge in [0, 0.05) is 24.8 Å². The number of aromatic nitrogens is 1. The SMILES string of the molecule is Clc1cccc(Cl)c1-c1cnc(CNCc2ccccc2)s1. The minimum atomic E-state index is 0.653. The lowest BCUT2D eigenvalue weighted by molar-refractivity contribution is 0.690. The minimum Gasteiger partial charge on any atom is -0.306 e. The molecule has 112 valence electrons. The summed E-state index contributed by atoms with van der Waals surface area (Å²) in [6.07, 6.45) is 1.83. The Morgan fingerprint density at radius 1 is 0.909 bits per heavy atom. The van der Waals surface area contributed by atoms with Crippen LogP contribution in [-0.4, -0.2) is 4.98 Å². The molecule has 0 amide bonds. The number of rotatable bonds is 5. The largest absolute Gasteiger partial charge is 0.306 e. The summed E-state index contributed by atoms with van der Waals surface area (Å²) in [5.41, 5.74) is 2.12. The highest BCUT2D eigenvalue weighted by atomic mass is 35.5. The van der Waals surface area contributed by atoms with Crippen LogP contribution in [0.25, 0.3) is 10.4 Å². The number of hydrogen-bond donors (Lipinski definition) is 1. The Balaban J connectivity index is 1.67. The maximum Gasteiger partial charge on any atom is 0.107 e. The van der Waals surface area contributed by atoms with Gasteiger partial charge in [0.2, 0.25) is 0 Å². The van der Waals surface area contributed by atoms with E-state index in [1.165, 1.54) is 5.56 Å². The third-order valence-corrected chi connectivity index (χ3v) is 4.86. The Kier molecular flexibility index (Phi) is 5.11. The summed E-state index contributed by atoms with van der Waals surface area (Å²) in [4.78, 5) is 5.44. The Morgan fingerprint density at radius 3 is 2.36 bits per heavy atom. The summed E-state index contributed by atoms with van der Waals surface area (Å²) in [5, 5.41) is 5.72. The molecule has 0 aliphatic carbocycles. The number of thiazole rings is 1. The molecule has 0 aliphatic rings. The monoisotopic (exact) mass is 348 g/mol. The van der Waals surface area contributed by atoms with E-state index < -0.39 is 0 Å². The molecule has 22 heavy (non-hydrogen) atoms. The van der Waals surface area contributed by atoms with E-state index in [9.17, 15) is 0 Å². The molecule has 3 rings (SSSR count). The molecular formula is C17H14Cl2N2S. The molecule has 0 spiro atoms. The van der Waals surface area contributed by atoms with Gasteiger partial charge < -0.3 is 5.32 Å². The number of hydrogen-bond acceptors (Lipinski definition) is 3. The molecule has 2 nitrogen and oxygen atoms in total. The van der Waals surface area contributed by atoms with E-state index in [-0.39, 0.29) is 0 Å². The second-order valence-corrected chi connectivity index (χ2v) is 6.73. The standard InChI is InChI=1S/C17H14Cl2N2S/c18-13-7-4-8-14(19)17(13)15-10-21-16(22-15)11-20-9-12-5-2-1-3-6-12/h1-8,10,20H,9,11H2. The van der Waals surface area contributed by atoms with Crippen LogP contribution in [0.3, 0.4) is 0 Å². The third-order valence-electron chi connectivity index (χ3n) is 3.21. The van der Waals surface area contributed by atoms with Crippen molar-refractivity contribution in [3.05, 3.63) is 75.3 Å². The normalized spacial score (nSPS) is 10.8. The molecule has 1 heterocycles. The van der Waals surface area contributed by atoms with Crippen LogP contribution in [0, 0.1) is 0 Å². The molecule has 2 aromatic carbocycles. The molecule has 0 aliphatic heterocycles. The number of halogens is 2. The van der Waals surface area contributed by atoms with Crippen LogP contribution >= 0.6 is 34.5 Å². The maximum absolute atomic E-state index is 6.24. The van der Waals surface area contributed by atoms with Gasteiger partial charge in [0.05, 0.1) is 14.9 Å². The highest BCUT2D eigenvalue weighted by molar-refractivity contribution is 7.15. The second-order valence-electron chi connectivity index (χ2n) is 4.80. The van der Waals surface area contributed by atoms with E-state index in [4.69, 9.17) is 23.2 Å². The van der Waals surface area contributed by atoms with Crippen molar-refractivity contribution in [3.63, 3.8) is 0 Å². The smallest absolute Gasteiger partial charge is 0.107 e. The van der Waals surface area contributed by atoms with Crippen molar-refractivity contribution in [2.75, 3.05) is 0 Å². The van der Waals surface area contributed by atoms with Crippen LogP contribution in [0.4, 0.5) is 0 Å². The van der Waals surface area contributed by atoms with Gasteiger partial charge in [0.25, 0.3) is 0 Å². The summed E-state index contributed by atoms with van der Waals surface area (Å²) in [6, 6.07) is 15.8. The van der Waals surface area contributed by atoms with Gasteiger partial charge in [0.15, 0.2) is 0 Å². The summed E-state index contributed by atoms with van der Waals surface area (Å²) in [6.45, 7) is 1.55. The van der Waals surface area contributed by atoms with Gasteiger partial charge in [-0.3, -0.25) is 0 Å². The van der Waals surface area contributed by atoms with Gasteiger partial charge in [-0.2, -0.15) is 0 Å². The first-order valence-electron chi connectivity index (χ1n) is 6.88. The topological polar surface area (TPSA) is 24.9 Å². The average molecular weight is 349 g/mol. The molecule has 0 atom stereocenters. The van der Waals surface area contributed by atoms with E-state index in [1.807, 2.05) is 42.6 Å². The predicted octanol–water partition coefficient (Wildman–Crippen LogP) is 5.41. The summed E-state index contributed by atoms with van der Waals surface area (Å²) >= 11 is 14.1. The first-order chi connectivity index (χ1) is 10.7. The molecule has 0 saturated carbocycles. The zero-order valence-corrected chi connectivity index (χ0v) is 14.1. The lowest BCUT2D eigenvalue weighted by Gasteiger charge is -2.03. The van der Waals surface area contributed by atoms with Gasteiger partial charge in [-0.25, -0.2) is 4.98 Å². The van der Waals surface area contributed by atoms with E-state index in [0.29, 0.717) is 10.0 Å². The van der Waals surface area contributed by atoms with Crippen LogP contribution < -0.4 is 5.32 Å². The highest BCUT2D eigenvalue weighted by Gasteiger charge is 2.11. The molecule has 1 N–H and O–H groups in total. The Morgan fingerprint density at radius 2 is 1.64 bits per heavy atom. The van der Waals surface area contributed by atoms with Crippen molar-refractivity contribution in [2.45, 2.75) is 13.1 Å². The molecule has 5 heteroatoms. The van der Waals surface area contributed by atoms with Crippen LogP contribution in [0.2, 0.25) is 10.0 Å². The van der Waals surface area contributed by atoms with E-state index in [2.05, 4.69) is 22.4 Å². The fourth-order valence-corrected chi connectivity index (χ4v) is 3.82. The molecule has 0 fully saturated rings. The van der Waals surface area contributed by atoms with Crippen molar-refractivity contribution in [1.29, 1.82) is 0 Å². The van der Waals surface area contributed by atoms with Crippen molar-refractivity contribution in [2.24, 2.45) is 0 Å². The highest BCUT2D eigenvalue weighted by Crippen LogP contribution is 2.37. The molecule has 0 unspecified atom stereocenters. The zero-order chi connectivity index (χ0) is 15.4. The van der Waals surface area contributed by atoms with Gasteiger partial charge >= 0.3 is 0 Å². The summed E-state index contributed by atoms with van der Waals surface area (Å²) in [7, 11) is 0. The first-order valence-corrected chi connectivity index (χ1v) is 8.45.